The Labute approximate surface area is 184 Å². The second-order valence-corrected chi connectivity index (χ2v) is 8.22. The Balaban J connectivity index is 1.92. The van der Waals surface area contributed by atoms with Crippen molar-refractivity contribution in [1.82, 2.24) is 0 Å². The standard InChI is InChI=1S/C15H24O14S2/c16-4-6(18)10(12(22)23)27-14(8(4)20)26-1-3(2-30)31-29-15-9(21)5(17)7(19)11(28-15)13(24)25/h3-11,14-21,30H,1-2H2,(H,22,23)(H,24,25). The van der Waals surface area contributed by atoms with E-state index >= 15 is 0 Å². The van der Waals surface area contributed by atoms with Crippen LogP contribution in [0.5, 0.6) is 0 Å². The fourth-order valence-electron chi connectivity index (χ4n) is 2.77. The van der Waals surface area contributed by atoms with E-state index in [1.165, 1.54) is 0 Å². The van der Waals surface area contributed by atoms with E-state index in [1.54, 1.807) is 0 Å². The van der Waals surface area contributed by atoms with Crippen LogP contribution in [0, 0.1) is 0 Å². The first-order valence-corrected chi connectivity index (χ1v) is 10.3. The molecule has 8 N–H and O–H groups in total. The highest BCUT2D eigenvalue weighted by molar-refractivity contribution is 7.96. The van der Waals surface area contributed by atoms with Gasteiger partial charge in [0.1, 0.15) is 36.6 Å². The first kappa shape index (κ1) is 26.5. The molecule has 2 heterocycles. The molecule has 0 aromatic heterocycles. The van der Waals surface area contributed by atoms with E-state index in [2.05, 4.69) is 12.6 Å². The van der Waals surface area contributed by atoms with Crippen molar-refractivity contribution in [2.24, 2.45) is 0 Å². The number of hydrogen-bond acceptors (Lipinski definition) is 14. The van der Waals surface area contributed by atoms with Gasteiger partial charge in [-0.05, 0) is 0 Å². The maximum atomic E-state index is 11.1. The maximum Gasteiger partial charge on any atom is 0.335 e. The second kappa shape index (κ2) is 11.4. The third-order valence-electron chi connectivity index (χ3n) is 4.56. The van der Waals surface area contributed by atoms with Crippen LogP contribution in [0.3, 0.4) is 0 Å². The Kier molecular flexibility index (Phi) is 9.74. The molecule has 0 radical (unpaired) electrons. The zero-order valence-corrected chi connectivity index (χ0v) is 17.4. The van der Waals surface area contributed by atoms with Crippen LogP contribution in [0.4, 0.5) is 0 Å². The Morgan fingerprint density at radius 1 is 0.806 bits per heavy atom. The largest absolute Gasteiger partial charge is 0.479 e. The van der Waals surface area contributed by atoms with Crippen LogP contribution < -0.4 is 0 Å². The van der Waals surface area contributed by atoms with Crippen molar-refractivity contribution in [3.63, 3.8) is 0 Å². The third kappa shape index (κ3) is 6.18. The molecular formula is C15H24O14S2. The van der Waals surface area contributed by atoms with Gasteiger partial charge in [0.15, 0.2) is 24.8 Å². The highest BCUT2D eigenvalue weighted by Gasteiger charge is 2.49. The zero-order chi connectivity index (χ0) is 23.5. The number of carboxylic acid groups (broad SMARTS) is 2. The lowest BCUT2D eigenvalue weighted by atomic mass is 9.99. The quantitative estimate of drug-likeness (QED) is 0.109. The highest BCUT2D eigenvalue weighted by Crippen LogP contribution is 2.28. The molecule has 14 nitrogen and oxygen atoms in total. The molecule has 0 aliphatic carbocycles. The number of aliphatic hydroxyl groups is 6. The predicted octanol–water partition coefficient (Wildman–Crippen LogP) is -4.25. The number of rotatable bonds is 9. The number of ether oxygens (including phenoxy) is 3. The van der Waals surface area contributed by atoms with E-state index in [-0.39, 0.29) is 12.4 Å². The van der Waals surface area contributed by atoms with Crippen LogP contribution in [0.25, 0.3) is 0 Å². The van der Waals surface area contributed by atoms with E-state index < -0.39 is 78.6 Å². The van der Waals surface area contributed by atoms with Gasteiger partial charge in [0.05, 0.1) is 11.9 Å². The Bertz CT molecular complexity index is 575. The molecule has 2 rings (SSSR count). The minimum atomic E-state index is -1.88. The average Bonchev–Trinajstić information content (AvgIpc) is 2.72. The fourth-order valence-corrected chi connectivity index (χ4v) is 3.68. The van der Waals surface area contributed by atoms with Gasteiger partial charge in [-0.25, -0.2) is 9.59 Å². The highest BCUT2D eigenvalue weighted by atomic mass is 32.2. The maximum absolute atomic E-state index is 11.1. The van der Waals surface area contributed by atoms with Gasteiger partial charge in [0.25, 0.3) is 0 Å². The van der Waals surface area contributed by atoms with Crippen molar-refractivity contribution >= 4 is 36.6 Å². The van der Waals surface area contributed by atoms with Gasteiger partial charge in [-0.1, -0.05) is 0 Å². The Morgan fingerprint density at radius 3 is 1.71 bits per heavy atom. The van der Waals surface area contributed by atoms with Crippen molar-refractivity contribution in [3.05, 3.63) is 0 Å². The monoisotopic (exact) mass is 492 g/mol. The SMILES string of the molecule is O=C(O)C1OC(OCC(CS)SOC2OC(C(=O)O)C(O)C(O)C2O)C(O)C(O)C1O. The van der Waals surface area contributed by atoms with Gasteiger partial charge in [-0.2, -0.15) is 12.6 Å². The van der Waals surface area contributed by atoms with Crippen molar-refractivity contribution in [2.75, 3.05) is 12.4 Å². The van der Waals surface area contributed by atoms with Crippen LogP contribution in [-0.2, 0) is 28.0 Å². The van der Waals surface area contributed by atoms with Crippen molar-refractivity contribution in [1.29, 1.82) is 0 Å². The lowest BCUT2D eigenvalue weighted by Gasteiger charge is -2.39. The molecule has 11 unspecified atom stereocenters. The summed E-state index contributed by atoms with van der Waals surface area (Å²) in [7, 11) is 0. The summed E-state index contributed by atoms with van der Waals surface area (Å²) in [6.45, 7) is -0.290. The summed E-state index contributed by atoms with van der Waals surface area (Å²) in [5, 5.41) is 76.0. The van der Waals surface area contributed by atoms with Crippen LogP contribution in [0.2, 0.25) is 0 Å². The molecule has 180 valence electrons. The van der Waals surface area contributed by atoms with Gasteiger partial charge in [0, 0.05) is 17.8 Å². The molecule has 2 fully saturated rings. The summed E-state index contributed by atoms with van der Waals surface area (Å²) >= 11 is 4.68. The van der Waals surface area contributed by atoms with Crippen LogP contribution in [0.15, 0.2) is 0 Å². The van der Waals surface area contributed by atoms with Crippen molar-refractivity contribution in [3.8, 4) is 0 Å². The lowest BCUT2D eigenvalue weighted by molar-refractivity contribution is -0.293. The normalized spacial score (nSPS) is 42.2. The van der Waals surface area contributed by atoms with E-state index in [1.807, 2.05) is 0 Å². The van der Waals surface area contributed by atoms with E-state index in [0.717, 1.165) is 0 Å². The molecule has 0 aromatic carbocycles. The zero-order valence-electron chi connectivity index (χ0n) is 15.6. The molecule has 16 heteroatoms. The minimum absolute atomic E-state index is 0.0668. The summed E-state index contributed by atoms with van der Waals surface area (Å²) in [4.78, 5) is 22.2. The molecule has 0 aromatic rings. The van der Waals surface area contributed by atoms with E-state index in [9.17, 15) is 40.2 Å². The Hall–Kier alpha value is -0.760. The molecule has 2 aliphatic heterocycles. The van der Waals surface area contributed by atoms with E-state index in [4.69, 9.17) is 28.6 Å². The number of hydrogen-bond donors (Lipinski definition) is 9. The van der Waals surface area contributed by atoms with Crippen molar-refractivity contribution < 1.29 is 68.8 Å². The summed E-state index contributed by atoms with van der Waals surface area (Å²) in [6.07, 6.45) is -17.9. The average molecular weight is 492 g/mol. The number of carboxylic acids is 2. The summed E-state index contributed by atoms with van der Waals surface area (Å²) in [5.74, 6) is -3.09. The molecule has 11 atom stereocenters. The molecule has 0 saturated carbocycles. The number of carbonyl (C=O) groups is 2. The summed E-state index contributed by atoms with van der Waals surface area (Å²) in [6, 6.07) is 0. The first-order chi connectivity index (χ1) is 14.5. The van der Waals surface area contributed by atoms with Gasteiger partial charge in [-0.15, -0.1) is 0 Å². The van der Waals surface area contributed by atoms with Crippen LogP contribution in [-0.4, -0.2) is 132 Å². The second-order valence-electron chi connectivity index (χ2n) is 6.80. The molecule has 2 aliphatic rings. The number of aliphatic carboxylic acids is 2. The van der Waals surface area contributed by atoms with Crippen LogP contribution in [0.1, 0.15) is 0 Å². The predicted molar refractivity (Wildman–Crippen MR) is 101 cm³/mol. The fraction of sp³-hybridized carbons (Fsp3) is 0.867. The van der Waals surface area contributed by atoms with Gasteiger partial charge < -0.3 is 55.1 Å². The summed E-state index contributed by atoms with van der Waals surface area (Å²) in [5.41, 5.74) is 0. The molecule has 0 spiro atoms. The third-order valence-corrected chi connectivity index (χ3v) is 6.13. The van der Waals surface area contributed by atoms with Gasteiger partial charge >= 0.3 is 11.9 Å². The Morgan fingerprint density at radius 2 is 1.26 bits per heavy atom. The van der Waals surface area contributed by atoms with Gasteiger partial charge in [0.2, 0.25) is 0 Å². The summed E-state index contributed by atoms with van der Waals surface area (Å²) < 4.78 is 20.4. The molecular weight excluding hydrogens is 468 g/mol. The van der Waals surface area contributed by atoms with Crippen LogP contribution >= 0.6 is 24.7 Å². The molecule has 0 bridgehead atoms. The minimum Gasteiger partial charge on any atom is -0.479 e. The molecule has 31 heavy (non-hydrogen) atoms. The number of aliphatic hydroxyl groups excluding tert-OH is 6. The smallest absolute Gasteiger partial charge is 0.335 e. The van der Waals surface area contributed by atoms with E-state index in [0.29, 0.717) is 12.0 Å². The topological polar surface area (TPSA) is 233 Å². The molecule has 2 saturated heterocycles. The number of thiol groups is 1. The first-order valence-electron chi connectivity index (χ1n) is 8.89. The van der Waals surface area contributed by atoms with Gasteiger partial charge in [-0.3, -0.25) is 4.18 Å². The van der Waals surface area contributed by atoms with Crippen molar-refractivity contribution in [2.45, 2.75) is 66.7 Å². The lowest BCUT2D eigenvalue weighted by Crippen LogP contribution is -2.60. The molecule has 0 amide bonds.